The Morgan fingerprint density at radius 2 is 2.31 bits per heavy atom. The minimum absolute atomic E-state index is 0.519. The highest BCUT2D eigenvalue weighted by atomic mass is 15.3. The molecule has 1 aromatic heterocycles. The molecule has 16 heavy (non-hydrogen) atoms. The lowest BCUT2D eigenvalue weighted by molar-refractivity contribution is 0.475. The molecule has 3 unspecified atom stereocenters. The van der Waals surface area contributed by atoms with Crippen molar-refractivity contribution in [2.75, 3.05) is 6.54 Å². The van der Waals surface area contributed by atoms with Crippen LogP contribution >= 0.6 is 0 Å². The van der Waals surface area contributed by atoms with Crippen LogP contribution in [0.25, 0.3) is 0 Å². The van der Waals surface area contributed by atoms with Crippen LogP contribution in [-0.2, 0) is 6.54 Å². The molecule has 1 aromatic rings. The van der Waals surface area contributed by atoms with Gasteiger partial charge in [0.15, 0.2) is 0 Å². The smallest absolute Gasteiger partial charge is 0.0537 e. The predicted octanol–water partition coefficient (Wildman–Crippen LogP) is 2.60. The second-order valence-electron chi connectivity index (χ2n) is 4.95. The average molecular weight is 221 g/mol. The molecule has 3 heteroatoms. The molecule has 0 saturated heterocycles. The van der Waals surface area contributed by atoms with E-state index in [1.54, 1.807) is 0 Å². The van der Waals surface area contributed by atoms with Crippen molar-refractivity contribution >= 4 is 0 Å². The quantitative estimate of drug-likeness (QED) is 0.800. The van der Waals surface area contributed by atoms with E-state index in [1.807, 2.05) is 6.20 Å². The summed E-state index contributed by atoms with van der Waals surface area (Å²) in [6.07, 6.45) is 6.75. The van der Waals surface area contributed by atoms with Crippen LogP contribution in [0.4, 0.5) is 0 Å². The van der Waals surface area contributed by atoms with Crippen molar-refractivity contribution in [1.29, 1.82) is 0 Å². The first-order chi connectivity index (χ1) is 7.76. The molecule has 0 spiro atoms. The fourth-order valence-electron chi connectivity index (χ4n) is 2.44. The molecule has 3 nitrogen and oxygen atoms in total. The zero-order valence-corrected chi connectivity index (χ0v) is 10.6. The first-order valence-electron chi connectivity index (χ1n) is 6.52. The standard InChI is InChI=1S/C13H23N3/c1-4-6-16-9-11(8-15-16)13(14-5-2)12-7-10(12)3/h8-10,12-14H,4-7H2,1-3H3. The van der Waals surface area contributed by atoms with Gasteiger partial charge < -0.3 is 5.32 Å². The van der Waals surface area contributed by atoms with Crippen molar-refractivity contribution in [3.05, 3.63) is 18.0 Å². The first-order valence-corrected chi connectivity index (χ1v) is 6.52. The van der Waals surface area contributed by atoms with Gasteiger partial charge in [0, 0.05) is 24.3 Å². The van der Waals surface area contributed by atoms with Crippen molar-refractivity contribution < 1.29 is 0 Å². The van der Waals surface area contributed by atoms with E-state index in [0.29, 0.717) is 6.04 Å². The number of nitrogens with one attached hydrogen (secondary N) is 1. The molecule has 1 heterocycles. The largest absolute Gasteiger partial charge is 0.310 e. The van der Waals surface area contributed by atoms with E-state index in [-0.39, 0.29) is 0 Å². The van der Waals surface area contributed by atoms with Gasteiger partial charge in [-0.25, -0.2) is 0 Å². The number of hydrogen-bond donors (Lipinski definition) is 1. The molecular weight excluding hydrogens is 198 g/mol. The monoisotopic (exact) mass is 221 g/mol. The fraction of sp³-hybridized carbons (Fsp3) is 0.769. The summed E-state index contributed by atoms with van der Waals surface area (Å²) in [5, 5.41) is 8.01. The fourth-order valence-corrected chi connectivity index (χ4v) is 2.44. The molecule has 0 bridgehead atoms. The Bertz CT molecular complexity index is 332. The summed E-state index contributed by atoms with van der Waals surface area (Å²) in [5.41, 5.74) is 1.37. The highest BCUT2D eigenvalue weighted by Crippen LogP contribution is 2.46. The Labute approximate surface area is 98.2 Å². The Morgan fingerprint density at radius 1 is 1.56 bits per heavy atom. The van der Waals surface area contributed by atoms with Gasteiger partial charge in [0.2, 0.25) is 0 Å². The van der Waals surface area contributed by atoms with Crippen LogP contribution in [0.2, 0.25) is 0 Å². The number of nitrogens with zero attached hydrogens (tertiary/aromatic N) is 2. The molecule has 1 N–H and O–H groups in total. The van der Waals surface area contributed by atoms with Crippen molar-refractivity contribution in [3.63, 3.8) is 0 Å². The molecular formula is C13H23N3. The predicted molar refractivity (Wildman–Crippen MR) is 66.2 cm³/mol. The number of hydrogen-bond acceptors (Lipinski definition) is 2. The Morgan fingerprint density at radius 3 is 2.88 bits per heavy atom. The third-order valence-corrected chi connectivity index (χ3v) is 3.49. The van der Waals surface area contributed by atoms with Crippen LogP contribution < -0.4 is 5.32 Å². The second kappa shape index (κ2) is 5.00. The molecule has 0 aromatic carbocycles. The lowest BCUT2D eigenvalue weighted by Gasteiger charge is -2.15. The summed E-state index contributed by atoms with van der Waals surface area (Å²) < 4.78 is 2.06. The normalized spacial score (nSPS) is 25.7. The van der Waals surface area contributed by atoms with Crippen LogP contribution in [0.5, 0.6) is 0 Å². The maximum atomic E-state index is 4.42. The van der Waals surface area contributed by atoms with Gasteiger partial charge in [0.25, 0.3) is 0 Å². The van der Waals surface area contributed by atoms with Gasteiger partial charge in [-0.05, 0) is 31.2 Å². The van der Waals surface area contributed by atoms with Gasteiger partial charge in [-0.3, -0.25) is 4.68 Å². The number of aromatic nitrogens is 2. The molecule has 1 aliphatic carbocycles. The summed E-state index contributed by atoms with van der Waals surface area (Å²) in [6, 6.07) is 0.519. The number of rotatable bonds is 6. The molecule has 0 amide bonds. The minimum atomic E-state index is 0.519. The molecule has 1 aliphatic rings. The van der Waals surface area contributed by atoms with Crippen molar-refractivity contribution in [2.24, 2.45) is 11.8 Å². The zero-order valence-electron chi connectivity index (χ0n) is 10.6. The lowest BCUT2D eigenvalue weighted by atomic mass is 10.1. The second-order valence-corrected chi connectivity index (χ2v) is 4.95. The molecule has 1 fully saturated rings. The average Bonchev–Trinajstić information content (AvgIpc) is 2.78. The van der Waals surface area contributed by atoms with E-state index in [2.05, 4.69) is 42.1 Å². The summed E-state index contributed by atoms with van der Waals surface area (Å²) in [4.78, 5) is 0. The third kappa shape index (κ3) is 2.46. The van der Waals surface area contributed by atoms with Gasteiger partial charge >= 0.3 is 0 Å². The molecule has 3 atom stereocenters. The summed E-state index contributed by atoms with van der Waals surface area (Å²) in [6.45, 7) is 8.76. The van der Waals surface area contributed by atoms with Crippen molar-refractivity contribution in [3.8, 4) is 0 Å². The maximum absolute atomic E-state index is 4.42. The van der Waals surface area contributed by atoms with Crippen molar-refractivity contribution in [1.82, 2.24) is 15.1 Å². The van der Waals surface area contributed by atoms with E-state index in [0.717, 1.165) is 31.3 Å². The first kappa shape index (κ1) is 11.6. The molecule has 90 valence electrons. The van der Waals surface area contributed by atoms with Crippen LogP contribution in [0.15, 0.2) is 12.4 Å². The Hall–Kier alpha value is -0.830. The maximum Gasteiger partial charge on any atom is 0.0537 e. The van der Waals surface area contributed by atoms with Gasteiger partial charge in [-0.1, -0.05) is 20.8 Å². The number of aryl methyl sites for hydroxylation is 1. The molecule has 2 rings (SSSR count). The highest BCUT2D eigenvalue weighted by molar-refractivity contribution is 5.15. The van der Waals surface area contributed by atoms with Gasteiger partial charge in [0.1, 0.15) is 0 Å². The van der Waals surface area contributed by atoms with Gasteiger partial charge in [-0.2, -0.15) is 5.10 Å². The lowest BCUT2D eigenvalue weighted by Crippen LogP contribution is -2.22. The summed E-state index contributed by atoms with van der Waals surface area (Å²) >= 11 is 0. The van der Waals surface area contributed by atoms with E-state index in [4.69, 9.17) is 0 Å². The summed E-state index contributed by atoms with van der Waals surface area (Å²) in [5.74, 6) is 1.69. The van der Waals surface area contributed by atoms with Gasteiger partial charge in [0.05, 0.1) is 6.20 Å². The molecule has 0 radical (unpaired) electrons. The Kier molecular flexibility index (Phi) is 3.64. The van der Waals surface area contributed by atoms with E-state index in [1.165, 1.54) is 12.0 Å². The van der Waals surface area contributed by atoms with E-state index >= 15 is 0 Å². The van der Waals surface area contributed by atoms with Gasteiger partial charge in [-0.15, -0.1) is 0 Å². The summed E-state index contributed by atoms with van der Waals surface area (Å²) in [7, 11) is 0. The van der Waals surface area contributed by atoms with Crippen LogP contribution in [0, 0.1) is 11.8 Å². The van der Waals surface area contributed by atoms with Crippen LogP contribution in [-0.4, -0.2) is 16.3 Å². The Balaban J connectivity index is 2.05. The van der Waals surface area contributed by atoms with Crippen LogP contribution in [0.3, 0.4) is 0 Å². The van der Waals surface area contributed by atoms with Crippen LogP contribution in [0.1, 0.15) is 45.2 Å². The topological polar surface area (TPSA) is 29.9 Å². The molecule has 1 saturated carbocycles. The minimum Gasteiger partial charge on any atom is -0.310 e. The highest BCUT2D eigenvalue weighted by Gasteiger charge is 2.40. The SMILES string of the molecule is CCCn1cc(C(NCC)C2CC2C)cn1. The van der Waals surface area contributed by atoms with E-state index < -0.39 is 0 Å². The third-order valence-electron chi connectivity index (χ3n) is 3.49. The zero-order chi connectivity index (χ0) is 11.5. The van der Waals surface area contributed by atoms with E-state index in [9.17, 15) is 0 Å². The molecule has 0 aliphatic heterocycles. The van der Waals surface area contributed by atoms with Crippen molar-refractivity contribution in [2.45, 2.75) is 46.2 Å².